The summed E-state index contributed by atoms with van der Waals surface area (Å²) in [6.45, 7) is 0.0972. The number of halogens is 3. The molecule has 1 saturated heterocycles. The van der Waals surface area contributed by atoms with Crippen molar-refractivity contribution in [3.05, 3.63) is 29.8 Å². The van der Waals surface area contributed by atoms with Gasteiger partial charge in [-0.2, -0.15) is 13.2 Å². The van der Waals surface area contributed by atoms with Crippen LogP contribution in [0.3, 0.4) is 0 Å². The molecule has 0 spiro atoms. The van der Waals surface area contributed by atoms with E-state index in [9.17, 15) is 22.8 Å². The molecule has 2 amide bonds. The van der Waals surface area contributed by atoms with E-state index < -0.39 is 18.0 Å². The normalized spacial score (nSPS) is 18.2. The summed E-state index contributed by atoms with van der Waals surface area (Å²) in [6, 6.07) is 7.09. The molecule has 132 valence electrons. The minimum atomic E-state index is -4.90. The Kier molecular flexibility index (Phi) is 5.69. The van der Waals surface area contributed by atoms with Gasteiger partial charge in [0.15, 0.2) is 0 Å². The Morgan fingerprint density at radius 3 is 2.54 bits per heavy atom. The van der Waals surface area contributed by atoms with E-state index in [0.717, 1.165) is 5.56 Å². The van der Waals surface area contributed by atoms with E-state index in [2.05, 4.69) is 5.32 Å². The highest BCUT2D eigenvalue weighted by molar-refractivity contribution is 5.84. The van der Waals surface area contributed by atoms with E-state index in [4.69, 9.17) is 4.74 Å². The molecule has 1 unspecified atom stereocenters. The van der Waals surface area contributed by atoms with Crippen molar-refractivity contribution in [3.63, 3.8) is 0 Å². The average Bonchev–Trinajstić information content (AvgIpc) is 2.58. The van der Waals surface area contributed by atoms with Crippen LogP contribution in [-0.4, -0.2) is 43.1 Å². The fourth-order valence-electron chi connectivity index (χ4n) is 2.63. The maximum atomic E-state index is 12.5. The second kappa shape index (κ2) is 7.55. The predicted octanol–water partition coefficient (Wildman–Crippen LogP) is 2.11. The maximum absolute atomic E-state index is 12.5. The molecule has 5 nitrogen and oxygen atoms in total. The molecule has 1 aromatic rings. The van der Waals surface area contributed by atoms with Gasteiger partial charge in [0, 0.05) is 19.6 Å². The van der Waals surface area contributed by atoms with Crippen LogP contribution < -0.4 is 10.1 Å². The SMILES string of the molecule is COc1ccc(CNC(=O)C2CCCN(C(=O)C(F)(F)F)C2)cc1. The molecule has 0 radical (unpaired) electrons. The number of rotatable bonds is 4. The first-order valence-corrected chi connectivity index (χ1v) is 7.58. The third-order valence-corrected chi connectivity index (χ3v) is 3.95. The summed E-state index contributed by atoms with van der Waals surface area (Å²) in [5, 5.41) is 2.71. The van der Waals surface area contributed by atoms with Crippen LogP contribution in [0.25, 0.3) is 0 Å². The number of amides is 2. The van der Waals surface area contributed by atoms with Crippen molar-refractivity contribution in [2.24, 2.45) is 5.92 Å². The number of hydrogen-bond acceptors (Lipinski definition) is 3. The van der Waals surface area contributed by atoms with E-state index in [-0.39, 0.29) is 25.5 Å². The number of nitrogens with one attached hydrogen (secondary N) is 1. The van der Waals surface area contributed by atoms with E-state index in [0.29, 0.717) is 23.5 Å². The lowest BCUT2D eigenvalue weighted by Gasteiger charge is -2.32. The number of carbonyl (C=O) groups is 2. The van der Waals surface area contributed by atoms with Crippen LogP contribution in [0.2, 0.25) is 0 Å². The van der Waals surface area contributed by atoms with Gasteiger partial charge in [0.25, 0.3) is 0 Å². The van der Waals surface area contributed by atoms with Crippen LogP contribution >= 0.6 is 0 Å². The van der Waals surface area contributed by atoms with Crippen molar-refractivity contribution in [2.75, 3.05) is 20.2 Å². The summed E-state index contributed by atoms with van der Waals surface area (Å²) in [4.78, 5) is 24.2. The predicted molar refractivity (Wildman–Crippen MR) is 80.2 cm³/mol. The third-order valence-electron chi connectivity index (χ3n) is 3.95. The lowest BCUT2D eigenvalue weighted by atomic mass is 9.97. The smallest absolute Gasteiger partial charge is 0.471 e. The second-order valence-corrected chi connectivity index (χ2v) is 5.65. The number of carbonyl (C=O) groups excluding carboxylic acids is 2. The largest absolute Gasteiger partial charge is 0.497 e. The van der Waals surface area contributed by atoms with Gasteiger partial charge in [-0.15, -0.1) is 0 Å². The van der Waals surface area contributed by atoms with Crippen LogP contribution in [-0.2, 0) is 16.1 Å². The van der Waals surface area contributed by atoms with Crippen LogP contribution in [0.5, 0.6) is 5.75 Å². The van der Waals surface area contributed by atoms with Crippen molar-refractivity contribution < 1.29 is 27.5 Å². The second-order valence-electron chi connectivity index (χ2n) is 5.65. The van der Waals surface area contributed by atoms with Gasteiger partial charge in [0.05, 0.1) is 13.0 Å². The molecule has 24 heavy (non-hydrogen) atoms. The van der Waals surface area contributed by atoms with Crippen molar-refractivity contribution >= 4 is 11.8 Å². The Morgan fingerprint density at radius 1 is 1.29 bits per heavy atom. The number of piperidine rings is 1. The number of likely N-dealkylation sites (tertiary alicyclic amines) is 1. The molecule has 0 bridgehead atoms. The van der Waals surface area contributed by atoms with E-state index in [1.165, 1.54) is 0 Å². The monoisotopic (exact) mass is 344 g/mol. The average molecular weight is 344 g/mol. The van der Waals surface area contributed by atoms with Crippen molar-refractivity contribution in [1.29, 1.82) is 0 Å². The zero-order valence-corrected chi connectivity index (χ0v) is 13.2. The van der Waals surface area contributed by atoms with Crippen molar-refractivity contribution in [2.45, 2.75) is 25.6 Å². The van der Waals surface area contributed by atoms with Crippen molar-refractivity contribution in [3.8, 4) is 5.75 Å². The van der Waals surface area contributed by atoms with Gasteiger partial charge in [-0.25, -0.2) is 0 Å². The molecule has 1 aliphatic rings. The number of nitrogens with zero attached hydrogens (tertiary/aromatic N) is 1. The molecule has 1 N–H and O–H groups in total. The van der Waals surface area contributed by atoms with Gasteiger partial charge in [0.1, 0.15) is 5.75 Å². The maximum Gasteiger partial charge on any atom is 0.471 e. The van der Waals surface area contributed by atoms with Gasteiger partial charge in [-0.1, -0.05) is 12.1 Å². The third kappa shape index (κ3) is 4.62. The zero-order valence-electron chi connectivity index (χ0n) is 13.2. The topological polar surface area (TPSA) is 58.6 Å². The first-order chi connectivity index (χ1) is 11.3. The highest BCUT2D eigenvalue weighted by atomic mass is 19.4. The van der Waals surface area contributed by atoms with E-state index >= 15 is 0 Å². The van der Waals surface area contributed by atoms with Gasteiger partial charge >= 0.3 is 12.1 Å². The van der Waals surface area contributed by atoms with Gasteiger partial charge < -0.3 is 15.0 Å². The van der Waals surface area contributed by atoms with Crippen LogP contribution in [0, 0.1) is 5.92 Å². The Bertz CT molecular complexity index is 587. The molecule has 1 aliphatic heterocycles. The Morgan fingerprint density at radius 2 is 1.96 bits per heavy atom. The summed E-state index contributed by atoms with van der Waals surface area (Å²) in [5.74, 6) is -2.15. The number of ether oxygens (including phenoxy) is 1. The summed E-state index contributed by atoms with van der Waals surface area (Å²) < 4.78 is 42.5. The lowest BCUT2D eigenvalue weighted by Crippen LogP contribution is -2.49. The molecule has 1 atom stereocenters. The molecule has 0 aromatic heterocycles. The zero-order chi connectivity index (χ0) is 17.7. The number of alkyl halides is 3. The molecule has 0 aliphatic carbocycles. The highest BCUT2D eigenvalue weighted by Gasteiger charge is 2.44. The summed E-state index contributed by atoms with van der Waals surface area (Å²) >= 11 is 0. The fourth-order valence-corrected chi connectivity index (χ4v) is 2.63. The van der Waals surface area contributed by atoms with Crippen LogP contribution in [0.15, 0.2) is 24.3 Å². The standard InChI is InChI=1S/C16H19F3N2O3/c1-24-13-6-4-11(5-7-13)9-20-14(22)12-3-2-8-21(10-12)15(23)16(17,18)19/h4-7,12H,2-3,8-10H2,1H3,(H,20,22). The van der Waals surface area contributed by atoms with Gasteiger partial charge in [0.2, 0.25) is 5.91 Å². The molecule has 8 heteroatoms. The van der Waals surface area contributed by atoms with Gasteiger partial charge in [-0.05, 0) is 30.5 Å². The van der Waals surface area contributed by atoms with Gasteiger partial charge in [-0.3, -0.25) is 9.59 Å². The molecule has 1 aromatic carbocycles. The fraction of sp³-hybridized carbons (Fsp3) is 0.500. The number of hydrogen-bond donors (Lipinski definition) is 1. The quantitative estimate of drug-likeness (QED) is 0.910. The van der Waals surface area contributed by atoms with Crippen molar-refractivity contribution in [1.82, 2.24) is 10.2 Å². The Balaban J connectivity index is 1.88. The first kappa shape index (κ1) is 18.1. The highest BCUT2D eigenvalue weighted by Crippen LogP contribution is 2.24. The Hall–Kier alpha value is -2.25. The number of benzene rings is 1. The molecule has 1 heterocycles. The van der Waals surface area contributed by atoms with Crippen LogP contribution in [0.1, 0.15) is 18.4 Å². The Labute approximate surface area is 137 Å². The molecule has 2 rings (SSSR count). The van der Waals surface area contributed by atoms with E-state index in [1.54, 1.807) is 31.4 Å². The molecular weight excluding hydrogens is 325 g/mol. The summed E-state index contributed by atoms with van der Waals surface area (Å²) in [5.41, 5.74) is 0.850. The minimum absolute atomic E-state index is 0.0284. The molecule has 1 fully saturated rings. The van der Waals surface area contributed by atoms with Crippen LogP contribution in [0.4, 0.5) is 13.2 Å². The lowest BCUT2D eigenvalue weighted by molar-refractivity contribution is -0.187. The molecule has 0 saturated carbocycles. The first-order valence-electron chi connectivity index (χ1n) is 7.58. The summed E-state index contributed by atoms with van der Waals surface area (Å²) in [7, 11) is 1.55. The van der Waals surface area contributed by atoms with E-state index in [1.807, 2.05) is 0 Å². The number of methoxy groups -OCH3 is 1. The summed E-state index contributed by atoms with van der Waals surface area (Å²) in [6.07, 6.45) is -4.06. The minimum Gasteiger partial charge on any atom is -0.497 e. The molecular formula is C16H19F3N2O3.